The van der Waals surface area contributed by atoms with Crippen molar-refractivity contribution in [3.8, 4) is 10.4 Å². The van der Waals surface area contributed by atoms with Crippen LogP contribution >= 0.6 is 44.0 Å². The molecule has 0 N–H and O–H groups in total. The topological polar surface area (TPSA) is 0 Å². The molecule has 0 spiro atoms. The average molecular weight is 387 g/mol. The standard InChI is InChI=1S/C10H8ClS3.HI/c1-12-10-6-9(13-14-10)7-2-4-8(11)5-3-7;/h2-6H,1H3;1H/q+1;/p-1. The number of thioether (sulfide) groups is 1. The van der Waals surface area contributed by atoms with Crippen LogP contribution in [0.25, 0.3) is 10.4 Å². The van der Waals surface area contributed by atoms with E-state index in [2.05, 4.69) is 24.5 Å². The lowest BCUT2D eigenvalue weighted by molar-refractivity contribution is -0.00000250. The summed E-state index contributed by atoms with van der Waals surface area (Å²) in [5.74, 6) is 0. The summed E-state index contributed by atoms with van der Waals surface area (Å²) in [7, 11) is 3.63. The third-order valence-electron chi connectivity index (χ3n) is 1.79. The van der Waals surface area contributed by atoms with Crippen LogP contribution in [0.1, 0.15) is 0 Å². The molecule has 0 aliphatic carbocycles. The molecule has 0 saturated carbocycles. The summed E-state index contributed by atoms with van der Waals surface area (Å²) in [4.78, 5) is 1.32. The Balaban J connectivity index is 0.00000112. The lowest BCUT2D eigenvalue weighted by Gasteiger charge is -1.93. The SMILES string of the molecule is CSc1cc(-c2ccc(Cl)cc2)s[s+]1.[I-]. The van der Waals surface area contributed by atoms with Gasteiger partial charge in [0.15, 0.2) is 10.3 Å². The normalized spacial score (nSPS) is 9.73. The highest BCUT2D eigenvalue weighted by Crippen LogP contribution is 2.36. The van der Waals surface area contributed by atoms with E-state index >= 15 is 0 Å². The smallest absolute Gasteiger partial charge is 0.308 e. The van der Waals surface area contributed by atoms with E-state index in [1.807, 2.05) is 32.8 Å². The molecule has 5 heteroatoms. The van der Waals surface area contributed by atoms with Gasteiger partial charge in [0.1, 0.15) is 0 Å². The summed E-state index contributed by atoms with van der Waals surface area (Å²) in [5, 5.41) is 0.791. The number of hydrogen-bond acceptors (Lipinski definition) is 2. The minimum atomic E-state index is 0. The van der Waals surface area contributed by atoms with Gasteiger partial charge < -0.3 is 24.0 Å². The van der Waals surface area contributed by atoms with Gasteiger partial charge in [0.05, 0.1) is 4.88 Å². The van der Waals surface area contributed by atoms with Crippen LogP contribution in [0, 0.1) is 0 Å². The number of halogens is 2. The highest BCUT2D eigenvalue weighted by Gasteiger charge is 2.13. The molecule has 0 saturated heterocycles. The van der Waals surface area contributed by atoms with Gasteiger partial charge in [-0.15, -0.1) is 0 Å². The molecule has 0 bridgehead atoms. The van der Waals surface area contributed by atoms with Crippen LogP contribution in [0.2, 0.25) is 5.02 Å². The molecular formula is C10H8ClIS3. The van der Waals surface area contributed by atoms with E-state index in [1.165, 1.54) is 14.6 Å². The first-order valence-corrected chi connectivity index (χ1v) is 7.78. The minimum Gasteiger partial charge on any atom is -1.00 e. The van der Waals surface area contributed by atoms with Gasteiger partial charge in [0.25, 0.3) is 4.21 Å². The molecular weight excluding hydrogens is 379 g/mol. The average Bonchev–Trinajstić information content (AvgIpc) is 2.67. The van der Waals surface area contributed by atoms with Crippen LogP contribution in [0.5, 0.6) is 0 Å². The van der Waals surface area contributed by atoms with Crippen molar-refractivity contribution in [2.45, 2.75) is 4.21 Å². The highest BCUT2D eigenvalue weighted by atomic mass is 127. The second-order valence-electron chi connectivity index (χ2n) is 2.71. The van der Waals surface area contributed by atoms with Crippen molar-refractivity contribution in [1.29, 1.82) is 0 Å². The third-order valence-corrected chi connectivity index (χ3v) is 5.86. The van der Waals surface area contributed by atoms with Crippen molar-refractivity contribution in [2.24, 2.45) is 0 Å². The van der Waals surface area contributed by atoms with Crippen LogP contribution < -0.4 is 24.0 Å². The molecule has 80 valence electrons. The minimum absolute atomic E-state index is 0. The number of hydrogen-bond donors (Lipinski definition) is 0. The largest absolute Gasteiger partial charge is 1.00 e. The van der Waals surface area contributed by atoms with E-state index in [0.29, 0.717) is 0 Å². The van der Waals surface area contributed by atoms with E-state index in [1.54, 1.807) is 11.8 Å². The van der Waals surface area contributed by atoms with Gasteiger partial charge in [-0.2, -0.15) is 0 Å². The second kappa shape index (κ2) is 6.39. The fourth-order valence-corrected chi connectivity index (χ4v) is 4.61. The van der Waals surface area contributed by atoms with Crippen LogP contribution in [0.3, 0.4) is 0 Å². The van der Waals surface area contributed by atoms with Crippen LogP contribution in [-0.4, -0.2) is 6.26 Å². The summed E-state index contributed by atoms with van der Waals surface area (Å²) < 4.78 is 1.36. The van der Waals surface area contributed by atoms with Gasteiger partial charge in [-0.3, -0.25) is 0 Å². The van der Waals surface area contributed by atoms with Gasteiger partial charge in [-0.05, 0) is 24.0 Å². The monoisotopic (exact) mass is 386 g/mol. The van der Waals surface area contributed by atoms with Gasteiger partial charge in [-0.1, -0.05) is 35.5 Å². The maximum Gasteiger partial charge on any atom is 0.308 e. The third kappa shape index (κ3) is 3.56. The molecule has 15 heavy (non-hydrogen) atoms. The van der Waals surface area contributed by atoms with Crippen molar-refractivity contribution in [3.05, 3.63) is 35.4 Å². The Kier molecular flexibility index (Phi) is 5.84. The Morgan fingerprint density at radius 1 is 1.27 bits per heavy atom. The lowest BCUT2D eigenvalue weighted by Crippen LogP contribution is -3.00. The Morgan fingerprint density at radius 2 is 1.93 bits per heavy atom. The molecule has 0 atom stereocenters. The van der Waals surface area contributed by atoms with Gasteiger partial charge >= 0.3 is 10.3 Å². The summed E-state index contributed by atoms with van der Waals surface area (Å²) >= 11 is 7.62. The molecule has 0 amide bonds. The molecule has 0 fully saturated rings. The molecule has 2 aromatic rings. The molecule has 0 nitrogen and oxygen atoms in total. The molecule has 2 rings (SSSR count). The zero-order valence-corrected chi connectivity index (χ0v) is 13.2. The zero-order valence-electron chi connectivity index (χ0n) is 7.87. The van der Waals surface area contributed by atoms with Crippen LogP contribution in [0.15, 0.2) is 34.5 Å². The number of rotatable bonds is 2. The van der Waals surface area contributed by atoms with Gasteiger partial charge in [-0.25, -0.2) is 0 Å². The summed E-state index contributed by atoms with van der Waals surface area (Å²) in [6.07, 6.45) is 2.10. The van der Waals surface area contributed by atoms with E-state index in [0.717, 1.165) is 5.02 Å². The molecule has 0 unspecified atom stereocenters. The summed E-state index contributed by atoms with van der Waals surface area (Å²) in [6, 6.07) is 10.2. The first kappa shape index (κ1) is 13.7. The van der Waals surface area contributed by atoms with Crippen molar-refractivity contribution < 1.29 is 24.0 Å². The zero-order chi connectivity index (χ0) is 9.97. The Bertz CT molecular complexity index is 424. The van der Waals surface area contributed by atoms with E-state index in [9.17, 15) is 0 Å². The summed E-state index contributed by atoms with van der Waals surface area (Å²) in [6.45, 7) is 0. The fraction of sp³-hybridized carbons (Fsp3) is 0.100. The lowest BCUT2D eigenvalue weighted by atomic mass is 10.2. The molecule has 1 aromatic carbocycles. The van der Waals surface area contributed by atoms with Crippen molar-refractivity contribution in [1.82, 2.24) is 0 Å². The van der Waals surface area contributed by atoms with Crippen LogP contribution in [-0.2, 0) is 0 Å². The van der Waals surface area contributed by atoms with Crippen molar-refractivity contribution in [2.75, 3.05) is 6.26 Å². The fourth-order valence-electron chi connectivity index (χ4n) is 1.08. The molecule has 0 aliphatic rings. The Morgan fingerprint density at radius 3 is 2.47 bits per heavy atom. The van der Waals surface area contributed by atoms with E-state index in [4.69, 9.17) is 11.6 Å². The molecule has 0 radical (unpaired) electrons. The quantitative estimate of drug-likeness (QED) is 0.330. The van der Waals surface area contributed by atoms with Crippen molar-refractivity contribution in [3.63, 3.8) is 0 Å². The number of benzene rings is 1. The molecule has 1 heterocycles. The first-order valence-electron chi connectivity index (χ1n) is 4.02. The molecule has 0 aliphatic heterocycles. The predicted molar refractivity (Wildman–Crippen MR) is 68.8 cm³/mol. The van der Waals surface area contributed by atoms with Crippen LogP contribution in [0.4, 0.5) is 0 Å². The van der Waals surface area contributed by atoms with E-state index in [-0.39, 0.29) is 24.0 Å². The Labute approximate surface area is 123 Å². The van der Waals surface area contributed by atoms with E-state index < -0.39 is 0 Å². The second-order valence-corrected chi connectivity index (χ2v) is 6.46. The highest BCUT2D eigenvalue weighted by molar-refractivity contribution is 8.02. The maximum absolute atomic E-state index is 5.83. The first-order chi connectivity index (χ1) is 6.79. The van der Waals surface area contributed by atoms with Gasteiger partial charge in [0.2, 0.25) is 0 Å². The maximum atomic E-state index is 5.83. The summed E-state index contributed by atoms with van der Waals surface area (Å²) in [5.41, 5.74) is 1.25. The Hall–Kier alpha value is 0.640. The molecule has 1 aromatic heterocycles. The predicted octanol–water partition coefficient (Wildman–Crippen LogP) is 2.14. The van der Waals surface area contributed by atoms with Gasteiger partial charge in [0, 0.05) is 11.1 Å². The van der Waals surface area contributed by atoms with Crippen molar-refractivity contribution >= 4 is 44.0 Å².